The second-order valence-corrected chi connectivity index (χ2v) is 9.72. The minimum Gasteiger partial charge on any atom is -0.373 e. The van der Waals surface area contributed by atoms with Gasteiger partial charge in [-0.15, -0.1) is 0 Å². The summed E-state index contributed by atoms with van der Waals surface area (Å²) in [6.07, 6.45) is 19.7. The van der Waals surface area contributed by atoms with Gasteiger partial charge in [0.25, 0.3) is 0 Å². The van der Waals surface area contributed by atoms with Crippen molar-refractivity contribution in [2.24, 2.45) is 4.99 Å². The van der Waals surface area contributed by atoms with E-state index in [0.717, 1.165) is 60.0 Å². The highest BCUT2D eigenvalue weighted by Gasteiger charge is 2.20. The van der Waals surface area contributed by atoms with Gasteiger partial charge in [0.2, 0.25) is 0 Å². The van der Waals surface area contributed by atoms with Gasteiger partial charge >= 0.3 is 0 Å². The highest BCUT2D eigenvalue weighted by Crippen LogP contribution is 2.29. The lowest BCUT2D eigenvalue weighted by molar-refractivity contribution is 0.428. The topological polar surface area (TPSA) is 31.7 Å². The SMILES string of the molecule is C.C=C(N=C(C)N(C(=C)C1=C(C)CC=C(C)C=C1)C1=CC=C(C)CC=C1)C(=C)N(C)CCc1ccccn1. The molecule has 1 heterocycles. The Bertz CT molecular complexity index is 1260. The molecule has 1 aromatic heterocycles. The predicted octanol–water partition coefficient (Wildman–Crippen LogP) is 8.47. The van der Waals surface area contributed by atoms with Gasteiger partial charge in [0.1, 0.15) is 5.84 Å². The van der Waals surface area contributed by atoms with Crippen LogP contribution in [-0.4, -0.2) is 34.2 Å². The fourth-order valence-corrected chi connectivity index (χ4v) is 4.21. The number of rotatable bonds is 9. The Balaban J connectivity index is 0.00000507. The third-order valence-electron chi connectivity index (χ3n) is 6.65. The van der Waals surface area contributed by atoms with Gasteiger partial charge in [-0.05, 0) is 70.4 Å². The van der Waals surface area contributed by atoms with Gasteiger partial charge in [-0.3, -0.25) is 9.88 Å². The third-order valence-corrected chi connectivity index (χ3v) is 6.65. The van der Waals surface area contributed by atoms with Crippen LogP contribution in [0.15, 0.2) is 137 Å². The number of aromatic nitrogens is 1. The fourth-order valence-electron chi connectivity index (χ4n) is 4.21. The van der Waals surface area contributed by atoms with E-state index in [1.165, 1.54) is 16.7 Å². The van der Waals surface area contributed by atoms with E-state index in [0.29, 0.717) is 5.70 Å². The minimum atomic E-state index is 0. The molecule has 0 bridgehead atoms. The number of hydrogen-bond acceptors (Lipinski definition) is 3. The van der Waals surface area contributed by atoms with E-state index < -0.39 is 0 Å². The number of aliphatic imine (C=N–C) groups is 1. The standard InChI is InChI=1S/C33H40N4.CH4/c1-24-12-11-14-32(19-16-24)37(29(6)33-20-17-25(2)15-18-26(33)3)30(7)35-27(4)28(5)36(8)23-21-31-13-9-10-22-34-31;/h9-11,13-17,19-20,22H,4-6,12,18,21,23H2,1-3,7-8H3;1H4. The molecule has 4 heteroatoms. The number of pyridine rings is 1. The van der Waals surface area contributed by atoms with Crippen molar-refractivity contribution in [3.63, 3.8) is 0 Å². The van der Waals surface area contributed by atoms with E-state index in [1.807, 2.05) is 38.4 Å². The molecule has 0 amide bonds. The van der Waals surface area contributed by atoms with Crippen LogP contribution in [-0.2, 0) is 6.42 Å². The monoisotopic (exact) mass is 508 g/mol. The molecule has 1 aromatic rings. The molecule has 0 atom stereocenters. The molecular formula is C34H44N4. The van der Waals surface area contributed by atoms with E-state index in [4.69, 9.17) is 4.99 Å². The molecule has 2 aliphatic carbocycles. The molecule has 0 radical (unpaired) electrons. The number of nitrogens with zero attached hydrogens (tertiary/aromatic N) is 4. The molecule has 0 aliphatic heterocycles. The molecular weight excluding hydrogens is 464 g/mol. The average molecular weight is 509 g/mol. The average Bonchev–Trinajstić information content (AvgIpc) is 3.20. The molecule has 0 N–H and O–H groups in total. The maximum atomic E-state index is 4.93. The minimum absolute atomic E-state index is 0. The molecule has 0 aromatic carbocycles. The second-order valence-electron chi connectivity index (χ2n) is 9.72. The maximum absolute atomic E-state index is 4.93. The molecule has 0 saturated carbocycles. The van der Waals surface area contributed by atoms with Crippen LogP contribution >= 0.6 is 0 Å². The largest absolute Gasteiger partial charge is 0.373 e. The van der Waals surface area contributed by atoms with E-state index in [2.05, 4.69) is 97.8 Å². The van der Waals surface area contributed by atoms with E-state index in [-0.39, 0.29) is 7.43 Å². The number of amidine groups is 1. The van der Waals surface area contributed by atoms with Crippen molar-refractivity contribution < 1.29 is 0 Å². The van der Waals surface area contributed by atoms with E-state index in [1.54, 1.807) is 0 Å². The quantitative estimate of drug-likeness (QED) is 0.190. The Morgan fingerprint density at radius 1 is 1.03 bits per heavy atom. The van der Waals surface area contributed by atoms with Crippen molar-refractivity contribution in [1.29, 1.82) is 0 Å². The van der Waals surface area contributed by atoms with Gasteiger partial charge < -0.3 is 4.90 Å². The molecule has 0 saturated heterocycles. The Morgan fingerprint density at radius 2 is 1.79 bits per heavy atom. The van der Waals surface area contributed by atoms with Crippen LogP contribution < -0.4 is 0 Å². The number of hydrogen-bond donors (Lipinski definition) is 0. The van der Waals surface area contributed by atoms with Gasteiger partial charge in [-0.2, -0.15) is 0 Å². The summed E-state index contributed by atoms with van der Waals surface area (Å²) in [6, 6.07) is 5.98. The summed E-state index contributed by atoms with van der Waals surface area (Å²) in [6.45, 7) is 22.3. The van der Waals surface area contributed by atoms with Crippen LogP contribution in [0.5, 0.6) is 0 Å². The smallest absolute Gasteiger partial charge is 0.111 e. The second kappa shape index (κ2) is 14.1. The van der Waals surface area contributed by atoms with E-state index in [9.17, 15) is 0 Å². The van der Waals surface area contributed by atoms with Crippen LogP contribution in [0.3, 0.4) is 0 Å². The lowest BCUT2D eigenvalue weighted by atomic mass is 10.0. The Morgan fingerprint density at radius 3 is 2.50 bits per heavy atom. The zero-order valence-electron chi connectivity index (χ0n) is 23.1. The normalized spacial score (nSPS) is 15.4. The van der Waals surface area contributed by atoms with E-state index >= 15 is 0 Å². The van der Waals surface area contributed by atoms with Crippen LogP contribution in [0.1, 0.15) is 53.7 Å². The highest BCUT2D eigenvalue weighted by molar-refractivity contribution is 5.86. The van der Waals surface area contributed by atoms with Gasteiger partial charge in [0.15, 0.2) is 0 Å². The lowest BCUT2D eigenvalue weighted by Crippen LogP contribution is -2.28. The zero-order chi connectivity index (χ0) is 26.9. The van der Waals surface area contributed by atoms with Crippen molar-refractivity contribution in [1.82, 2.24) is 14.8 Å². The summed E-state index contributed by atoms with van der Waals surface area (Å²) in [5.41, 5.74) is 9.34. The highest BCUT2D eigenvalue weighted by atomic mass is 15.2. The Labute approximate surface area is 230 Å². The van der Waals surface area contributed by atoms with Crippen molar-refractivity contribution in [2.45, 2.75) is 54.4 Å². The van der Waals surface area contributed by atoms with Crippen molar-refractivity contribution in [3.8, 4) is 0 Å². The van der Waals surface area contributed by atoms with Crippen molar-refractivity contribution >= 4 is 5.84 Å². The third kappa shape index (κ3) is 8.04. The first kappa shape index (κ1) is 30.3. The van der Waals surface area contributed by atoms with Gasteiger partial charge in [0.05, 0.1) is 11.4 Å². The van der Waals surface area contributed by atoms with Crippen LogP contribution in [0, 0.1) is 0 Å². The summed E-state index contributed by atoms with van der Waals surface area (Å²) in [5, 5.41) is 0. The molecule has 200 valence electrons. The van der Waals surface area contributed by atoms with Crippen LogP contribution in [0.4, 0.5) is 0 Å². The maximum Gasteiger partial charge on any atom is 0.111 e. The zero-order valence-corrected chi connectivity index (χ0v) is 23.1. The number of allylic oxidation sites excluding steroid dienone is 10. The molecule has 3 rings (SSSR count). The fraction of sp³-hybridized carbons (Fsp3) is 0.294. The summed E-state index contributed by atoms with van der Waals surface area (Å²) in [4.78, 5) is 13.6. The summed E-state index contributed by atoms with van der Waals surface area (Å²) in [5.74, 6) is 0.792. The molecule has 2 aliphatic rings. The van der Waals surface area contributed by atoms with Gasteiger partial charge in [-0.25, -0.2) is 4.99 Å². The van der Waals surface area contributed by atoms with Gasteiger partial charge in [0, 0.05) is 43.3 Å². The summed E-state index contributed by atoms with van der Waals surface area (Å²) >= 11 is 0. The van der Waals surface area contributed by atoms with Crippen LogP contribution in [0.25, 0.3) is 0 Å². The molecule has 0 fully saturated rings. The molecule has 4 nitrogen and oxygen atoms in total. The first-order valence-electron chi connectivity index (χ1n) is 12.8. The molecule has 38 heavy (non-hydrogen) atoms. The predicted molar refractivity (Wildman–Crippen MR) is 165 cm³/mol. The summed E-state index contributed by atoms with van der Waals surface area (Å²) in [7, 11) is 2.02. The first-order valence-corrected chi connectivity index (χ1v) is 12.8. The van der Waals surface area contributed by atoms with Crippen molar-refractivity contribution in [2.75, 3.05) is 13.6 Å². The molecule has 0 spiro atoms. The first-order chi connectivity index (χ1) is 17.7. The Kier molecular flexibility index (Phi) is 11.3. The van der Waals surface area contributed by atoms with Gasteiger partial charge in [-0.1, -0.05) is 80.3 Å². The molecule has 0 unspecified atom stereocenters. The lowest BCUT2D eigenvalue weighted by Gasteiger charge is -2.29. The van der Waals surface area contributed by atoms with Crippen LogP contribution in [0.2, 0.25) is 0 Å². The van der Waals surface area contributed by atoms with Crippen molar-refractivity contribution in [3.05, 3.63) is 137 Å². The number of likely N-dealkylation sites (N-methyl/N-ethyl adjacent to an activating group) is 1. The summed E-state index contributed by atoms with van der Waals surface area (Å²) < 4.78 is 0. The Hall–Kier alpha value is -3.92.